The molecule has 2 nitrogen and oxygen atoms in total. The summed E-state index contributed by atoms with van der Waals surface area (Å²) in [7, 11) is 0. The molecular weight excluding hydrogens is 216 g/mol. The van der Waals surface area contributed by atoms with Crippen molar-refractivity contribution in [2.24, 2.45) is 5.41 Å². The molecular formula is C9H12F4O2. The average Bonchev–Trinajstić information content (AvgIpc) is 2.01. The number of halogens is 4. The predicted octanol–water partition coefficient (Wildman–Crippen LogP) is 2.46. The molecule has 0 spiro atoms. The van der Waals surface area contributed by atoms with E-state index in [1.165, 1.54) is 20.8 Å². The Hall–Kier alpha value is -0.940. The molecule has 0 heterocycles. The van der Waals surface area contributed by atoms with Gasteiger partial charge in [0.25, 0.3) is 0 Å². The lowest BCUT2D eigenvalue weighted by atomic mass is 9.87. The van der Waals surface area contributed by atoms with Gasteiger partial charge in [-0.1, -0.05) is 20.8 Å². The highest BCUT2D eigenvalue weighted by Gasteiger charge is 2.49. The van der Waals surface area contributed by atoms with Crippen LogP contribution < -0.4 is 0 Å². The highest BCUT2D eigenvalue weighted by atomic mass is 19.3. The largest absolute Gasteiger partial charge is 0.364 e. The summed E-state index contributed by atoms with van der Waals surface area (Å²) >= 11 is 0. The molecule has 0 bridgehead atoms. The summed E-state index contributed by atoms with van der Waals surface area (Å²) in [6.07, 6.45) is -5.24. The van der Waals surface area contributed by atoms with Crippen LogP contribution in [-0.4, -0.2) is 23.9 Å². The fourth-order valence-electron chi connectivity index (χ4n) is 0.651. The van der Waals surface area contributed by atoms with Crippen molar-refractivity contribution >= 4 is 11.6 Å². The van der Waals surface area contributed by atoms with Crippen molar-refractivity contribution in [1.29, 1.82) is 0 Å². The molecule has 0 aliphatic heterocycles. The number of ketones is 2. The van der Waals surface area contributed by atoms with Crippen LogP contribution in [0.2, 0.25) is 0 Å². The molecule has 0 fully saturated rings. The molecule has 0 aliphatic carbocycles. The van der Waals surface area contributed by atoms with E-state index < -0.39 is 35.8 Å². The molecule has 6 heteroatoms. The van der Waals surface area contributed by atoms with E-state index in [1.807, 2.05) is 0 Å². The van der Waals surface area contributed by atoms with Crippen molar-refractivity contribution in [2.45, 2.75) is 39.5 Å². The van der Waals surface area contributed by atoms with Gasteiger partial charge in [0, 0.05) is 5.41 Å². The molecule has 0 aromatic carbocycles. The summed E-state index contributed by atoms with van der Waals surface area (Å²) in [5.74, 6) is -7.55. The maximum absolute atomic E-state index is 12.4. The minimum Gasteiger partial charge on any atom is -0.299 e. The molecule has 0 aliphatic rings. The number of carbonyl (C=O) groups is 2. The van der Waals surface area contributed by atoms with Crippen molar-refractivity contribution in [3.8, 4) is 0 Å². The smallest absolute Gasteiger partial charge is 0.299 e. The van der Waals surface area contributed by atoms with Gasteiger partial charge in [0.05, 0.1) is 6.42 Å². The Morgan fingerprint density at radius 3 is 1.73 bits per heavy atom. The van der Waals surface area contributed by atoms with E-state index in [0.717, 1.165) is 0 Å². The van der Waals surface area contributed by atoms with Crippen LogP contribution in [0.25, 0.3) is 0 Å². The zero-order valence-corrected chi connectivity index (χ0v) is 8.61. The second-order valence-electron chi connectivity index (χ2n) is 4.20. The second-order valence-corrected chi connectivity index (χ2v) is 4.20. The highest BCUT2D eigenvalue weighted by Crippen LogP contribution is 2.27. The number of alkyl halides is 4. The Labute approximate surface area is 84.6 Å². The first-order valence-corrected chi connectivity index (χ1v) is 4.22. The molecule has 0 N–H and O–H groups in total. The normalized spacial score (nSPS) is 13.1. The first-order chi connectivity index (χ1) is 6.49. The van der Waals surface area contributed by atoms with Gasteiger partial charge in [-0.3, -0.25) is 9.59 Å². The summed E-state index contributed by atoms with van der Waals surface area (Å²) in [5.41, 5.74) is -0.992. The Morgan fingerprint density at radius 1 is 1.07 bits per heavy atom. The van der Waals surface area contributed by atoms with Gasteiger partial charge in [-0.15, -0.1) is 0 Å². The lowest BCUT2D eigenvalue weighted by Gasteiger charge is -2.18. The van der Waals surface area contributed by atoms with E-state index in [2.05, 4.69) is 0 Å². The van der Waals surface area contributed by atoms with Gasteiger partial charge in [-0.25, -0.2) is 8.78 Å². The maximum Gasteiger partial charge on any atom is 0.364 e. The van der Waals surface area contributed by atoms with Crippen molar-refractivity contribution in [2.75, 3.05) is 0 Å². The van der Waals surface area contributed by atoms with Crippen LogP contribution in [0.15, 0.2) is 0 Å². The summed E-state index contributed by atoms with van der Waals surface area (Å²) in [6.45, 7) is 4.26. The molecule has 0 unspecified atom stereocenters. The van der Waals surface area contributed by atoms with E-state index in [4.69, 9.17) is 0 Å². The second kappa shape index (κ2) is 4.28. The summed E-state index contributed by atoms with van der Waals surface area (Å²) in [5, 5.41) is 0. The zero-order chi connectivity index (χ0) is 12.4. The van der Waals surface area contributed by atoms with Crippen molar-refractivity contribution < 1.29 is 27.2 Å². The third-order valence-corrected chi connectivity index (χ3v) is 1.80. The van der Waals surface area contributed by atoms with E-state index in [0.29, 0.717) is 0 Å². The quantitative estimate of drug-likeness (QED) is 0.547. The first-order valence-electron chi connectivity index (χ1n) is 4.22. The summed E-state index contributed by atoms with van der Waals surface area (Å²) in [6, 6.07) is 0. The molecule has 0 aromatic rings. The molecule has 15 heavy (non-hydrogen) atoms. The average molecular weight is 228 g/mol. The van der Waals surface area contributed by atoms with Gasteiger partial charge in [0.15, 0.2) is 0 Å². The fraction of sp³-hybridized carbons (Fsp3) is 0.778. The van der Waals surface area contributed by atoms with Crippen LogP contribution in [0, 0.1) is 5.41 Å². The minimum absolute atomic E-state index is 0.784. The molecule has 0 amide bonds. The monoisotopic (exact) mass is 228 g/mol. The molecule has 0 atom stereocenters. The molecule has 0 aromatic heterocycles. The number of hydrogen-bond acceptors (Lipinski definition) is 2. The number of carbonyl (C=O) groups excluding carboxylic acids is 2. The topological polar surface area (TPSA) is 34.1 Å². The number of rotatable bonds is 4. The predicted molar refractivity (Wildman–Crippen MR) is 45.0 cm³/mol. The van der Waals surface area contributed by atoms with Gasteiger partial charge in [-0.05, 0) is 0 Å². The van der Waals surface area contributed by atoms with Crippen molar-refractivity contribution in [3.05, 3.63) is 0 Å². The van der Waals surface area contributed by atoms with E-state index in [1.54, 1.807) is 0 Å². The third-order valence-electron chi connectivity index (χ3n) is 1.80. The molecule has 88 valence electrons. The van der Waals surface area contributed by atoms with Crippen LogP contribution in [0.1, 0.15) is 27.2 Å². The lowest BCUT2D eigenvalue weighted by molar-refractivity contribution is -0.168. The Kier molecular flexibility index (Phi) is 4.01. The van der Waals surface area contributed by atoms with Gasteiger partial charge >= 0.3 is 12.3 Å². The highest BCUT2D eigenvalue weighted by molar-refractivity contribution is 6.04. The van der Waals surface area contributed by atoms with E-state index in [9.17, 15) is 27.2 Å². The first kappa shape index (κ1) is 14.1. The van der Waals surface area contributed by atoms with Gasteiger partial charge in [0.2, 0.25) is 5.78 Å². The Bertz CT molecular complexity index is 266. The molecule has 0 saturated carbocycles. The number of Topliss-reactive ketones (excluding diaryl/α,β-unsaturated/α-hetero) is 2. The standard InChI is InChI=1S/C9H12F4O2/c1-8(2,3)5(14)4-6(15)9(12,13)7(10)11/h7H,4H2,1-3H3. The lowest BCUT2D eigenvalue weighted by Crippen LogP contribution is -2.39. The minimum atomic E-state index is -4.74. The van der Waals surface area contributed by atoms with Crippen LogP contribution in [-0.2, 0) is 9.59 Å². The molecule has 0 saturated heterocycles. The fourth-order valence-corrected chi connectivity index (χ4v) is 0.651. The van der Waals surface area contributed by atoms with Crippen molar-refractivity contribution in [3.63, 3.8) is 0 Å². The van der Waals surface area contributed by atoms with Crippen LogP contribution >= 0.6 is 0 Å². The van der Waals surface area contributed by atoms with Crippen LogP contribution in [0.4, 0.5) is 17.6 Å². The SMILES string of the molecule is CC(C)(C)C(=O)CC(=O)C(F)(F)C(F)F. The summed E-state index contributed by atoms with van der Waals surface area (Å²) < 4.78 is 48.3. The van der Waals surface area contributed by atoms with Crippen LogP contribution in [0.5, 0.6) is 0 Å². The van der Waals surface area contributed by atoms with Gasteiger partial charge in [-0.2, -0.15) is 8.78 Å². The van der Waals surface area contributed by atoms with Crippen LogP contribution in [0.3, 0.4) is 0 Å². The molecule has 0 rings (SSSR count). The van der Waals surface area contributed by atoms with E-state index in [-0.39, 0.29) is 0 Å². The Balaban J connectivity index is 4.59. The van der Waals surface area contributed by atoms with Gasteiger partial charge < -0.3 is 0 Å². The Morgan fingerprint density at radius 2 is 1.47 bits per heavy atom. The summed E-state index contributed by atoms with van der Waals surface area (Å²) in [4.78, 5) is 21.9. The van der Waals surface area contributed by atoms with Crippen molar-refractivity contribution in [1.82, 2.24) is 0 Å². The molecule has 0 radical (unpaired) electrons. The third kappa shape index (κ3) is 3.60. The maximum atomic E-state index is 12.4. The van der Waals surface area contributed by atoms with Gasteiger partial charge in [0.1, 0.15) is 5.78 Å². The zero-order valence-electron chi connectivity index (χ0n) is 8.61. The number of hydrogen-bond donors (Lipinski definition) is 0. The van der Waals surface area contributed by atoms with E-state index >= 15 is 0 Å².